The van der Waals surface area contributed by atoms with Crippen molar-refractivity contribution in [2.45, 2.75) is 13.8 Å². The molecule has 0 N–H and O–H groups in total. The molecule has 0 aromatic carbocycles. The summed E-state index contributed by atoms with van der Waals surface area (Å²) in [6.45, 7) is 5.51. The van der Waals surface area contributed by atoms with Gasteiger partial charge in [-0.15, -0.1) is 0 Å². The molecule has 0 saturated carbocycles. The second-order valence-electron chi connectivity index (χ2n) is 5.16. The summed E-state index contributed by atoms with van der Waals surface area (Å²) in [6.07, 6.45) is 2.47. The molecule has 3 heterocycles. The fourth-order valence-corrected chi connectivity index (χ4v) is 2.56. The number of halogens is 2. The lowest BCUT2D eigenvalue weighted by atomic mass is 10.3. The average molecular weight is 306 g/mol. The van der Waals surface area contributed by atoms with Gasteiger partial charge in [0.25, 0.3) is 0 Å². The number of hydrogen-bond acceptors (Lipinski definition) is 6. The SMILES string of the molecule is Cc1nc(C)c(F)c(N2CCN(c3ncncc3F)CC2)n1. The van der Waals surface area contributed by atoms with Gasteiger partial charge in [0.2, 0.25) is 0 Å². The number of piperazine rings is 1. The quantitative estimate of drug-likeness (QED) is 0.838. The van der Waals surface area contributed by atoms with Crippen LogP contribution in [0.15, 0.2) is 12.5 Å². The molecule has 0 amide bonds. The molecule has 0 radical (unpaired) electrons. The highest BCUT2D eigenvalue weighted by atomic mass is 19.1. The molecule has 2 aromatic rings. The van der Waals surface area contributed by atoms with Crippen LogP contribution in [0.3, 0.4) is 0 Å². The second kappa shape index (κ2) is 5.78. The highest BCUT2D eigenvalue weighted by molar-refractivity contribution is 5.46. The molecular formula is C14H16F2N6. The van der Waals surface area contributed by atoms with E-state index in [0.29, 0.717) is 43.5 Å². The lowest BCUT2D eigenvalue weighted by molar-refractivity contribution is 0.559. The van der Waals surface area contributed by atoms with Crippen LogP contribution in [0.5, 0.6) is 0 Å². The molecule has 1 aliphatic rings. The lowest BCUT2D eigenvalue weighted by Crippen LogP contribution is -2.47. The minimum atomic E-state index is -0.448. The predicted octanol–water partition coefficient (Wildman–Crippen LogP) is 1.49. The fraction of sp³-hybridized carbons (Fsp3) is 0.429. The van der Waals surface area contributed by atoms with Crippen molar-refractivity contribution in [2.75, 3.05) is 36.0 Å². The van der Waals surface area contributed by atoms with E-state index in [2.05, 4.69) is 19.9 Å². The largest absolute Gasteiger partial charge is 0.351 e. The van der Waals surface area contributed by atoms with Crippen molar-refractivity contribution in [1.29, 1.82) is 0 Å². The summed E-state index contributed by atoms with van der Waals surface area (Å²) in [5.41, 5.74) is 0.340. The Balaban J connectivity index is 1.76. The van der Waals surface area contributed by atoms with E-state index in [9.17, 15) is 8.78 Å². The first-order chi connectivity index (χ1) is 10.6. The molecule has 1 saturated heterocycles. The van der Waals surface area contributed by atoms with Gasteiger partial charge in [-0.05, 0) is 13.8 Å². The Morgan fingerprint density at radius 3 is 2.23 bits per heavy atom. The summed E-state index contributed by atoms with van der Waals surface area (Å²) >= 11 is 0. The maximum atomic E-state index is 14.2. The van der Waals surface area contributed by atoms with Crippen LogP contribution in [-0.4, -0.2) is 46.1 Å². The van der Waals surface area contributed by atoms with Gasteiger partial charge in [-0.1, -0.05) is 0 Å². The third-order valence-electron chi connectivity index (χ3n) is 3.64. The Labute approximate surface area is 126 Å². The van der Waals surface area contributed by atoms with Gasteiger partial charge in [-0.25, -0.2) is 28.7 Å². The summed E-state index contributed by atoms with van der Waals surface area (Å²) in [5.74, 6) is 0.291. The van der Waals surface area contributed by atoms with E-state index in [-0.39, 0.29) is 5.82 Å². The second-order valence-corrected chi connectivity index (χ2v) is 5.16. The van der Waals surface area contributed by atoms with E-state index in [1.54, 1.807) is 13.8 Å². The summed E-state index contributed by atoms with van der Waals surface area (Å²) in [7, 11) is 0. The van der Waals surface area contributed by atoms with Crippen LogP contribution in [0.1, 0.15) is 11.5 Å². The highest BCUT2D eigenvalue weighted by Crippen LogP contribution is 2.22. The third kappa shape index (κ3) is 2.68. The molecule has 0 aliphatic carbocycles. The Kier molecular flexibility index (Phi) is 3.82. The Morgan fingerprint density at radius 1 is 0.955 bits per heavy atom. The molecule has 0 unspecified atom stereocenters. The van der Waals surface area contributed by atoms with Crippen LogP contribution in [0.2, 0.25) is 0 Å². The van der Waals surface area contributed by atoms with Crippen molar-refractivity contribution < 1.29 is 8.78 Å². The minimum Gasteiger partial charge on any atom is -0.351 e. The molecule has 116 valence electrons. The molecule has 0 atom stereocenters. The Bertz CT molecular complexity index is 685. The minimum absolute atomic E-state index is 0.283. The van der Waals surface area contributed by atoms with Gasteiger partial charge in [0.1, 0.15) is 12.2 Å². The number of hydrogen-bond donors (Lipinski definition) is 0. The van der Waals surface area contributed by atoms with Gasteiger partial charge in [0.05, 0.1) is 11.9 Å². The van der Waals surface area contributed by atoms with Crippen molar-refractivity contribution >= 4 is 11.6 Å². The van der Waals surface area contributed by atoms with Crippen LogP contribution in [0, 0.1) is 25.5 Å². The van der Waals surface area contributed by atoms with E-state index in [4.69, 9.17) is 0 Å². The normalized spacial score (nSPS) is 15.3. The first-order valence-corrected chi connectivity index (χ1v) is 7.02. The summed E-state index contributed by atoms with van der Waals surface area (Å²) in [6, 6.07) is 0. The number of aromatic nitrogens is 4. The molecule has 1 fully saturated rings. The zero-order chi connectivity index (χ0) is 15.7. The van der Waals surface area contributed by atoms with Crippen LogP contribution >= 0.6 is 0 Å². The van der Waals surface area contributed by atoms with Gasteiger partial charge in [-0.3, -0.25) is 0 Å². The Hall–Kier alpha value is -2.38. The van der Waals surface area contributed by atoms with E-state index in [1.165, 1.54) is 6.33 Å². The molecule has 8 heteroatoms. The fourth-order valence-electron chi connectivity index (χ4n) is 2.56. The zero-order valence-electron chi connectivity index (χ0n) is 12.4. The summed E-state index contributed by atoms with van der Waals surface area (Å²) in [4.78, 5) is 19.5. The maximum absolute atomic E-state index is 14.2. The predicted molar refractivity (Wildman–Crippen MR) is 77.9 cm³/mol. The first kappa shape index (κ1) is 14.6. The summed E-state index contributed by atoms with van der Waals surface area (Å²) in [5, 5.41) is 0. The molecule has 1 aliphatic heterocycles. The standard InChI is InChI=1S/C14H16F2N6/c1-9-12(16)14(20-10(2)19-9)22-5-3-21(4-6-22)13-11(15)7-17-8-18-13/h7-8H,3-6H2,1-2H3. The lowest BCUT2D eigenvalue weighted by Gasteiger charge is -2.36. The Morgan fingerprint density at radius 2 is 1.59 bits per heavy atom. The number of aryl methyl sites for hydroxylation is 2. The molecule has 3 rings (SSSR count). The van der Waals surface area contributed by atoms with Crippen molar-refractivity contribution in [3.8, 4) is 0 Å². The van der Waals surface area contributed by atoms with Crippen LogP contribution in [-0.2, 0) is 0 Å². The van der Waals surface area contributed by atoms with Crippen molar-refractivity contribution in [1.82, 2.24) is 19.9 Å². The summed E-state index contributed by atoms with van der Waals surface area (Å²) < 4.78 is 27.9. The topological polar surface area (TPSA) is 58.0 Å². The van der Waals surface area contributed by atoms with Crippen molar-refractivity contribution in [3.63, 3.8) is 0 Å². The smallest absolute Gasteiger partial charge is 0.186 e. The van der Waals surface area contributed by atoms with Gasteiger partial charge < -0.3 is 9.80 Å². The van der Waals surface area contributed by atoms with E-state index >= 15 is 0 Å². The highest BCUT2D eigenvalue weighted by Gasteiger charge is 2.24. The van der Waals surface area contributed by atoms with Gasteiger partial charge in [0, 0.05) is 26.2 Å². The zero-order valence-corrected chi connectivity index (χ0v) is 12.4. The monoisotopic (exact) mass is 306 g/mol. The molecular weight excluding hydrogens is 290 g/mol. The molecule has 0 spiro atoms. The number of rotatable bonds is 2. The van der Waals surface area contributed by atoms with Crippen LogP contribution < -0.4 is 9.80 Å². The van der Waals surface area contributed by atoms with E-state index < -0.39 is 11.6 Å². The van der Waals surface area contributed by atoms with Crippen molar-refractivity contribution in [2.24, 2.45) is 0 Å². The molecule has 2 aromatic heterocycles. The van der Waals surface area contributed by atoms with Crippen LogP contribution in [0.4, 0.5) is 20.4 Å². The van der Waals surface area contributed by atoms with Gasteiger partial charge in [0.15, 0.2) is 23.3 Å². The van der Waals surface area contributed by atoms with Crippen LogP contribution in [0.25, 0.3) is 0 Å². The van der Waals surface area contributed by atoms with E-state index in [1.807, 2.05) is 9.80 Å². The first-order valence-electron chi connectivity index (χ1n) is 7.02. The molecule has 0 bridgehead atoms. The molecule has 6 nitrogen and oxygen atoms in total. The van der Waals surface area contributed by atoms with Crippen molar-refractivity contribution in [3.05, 3.63) is 35.7 Å². The maximum Gasteiger partial charge on any atom is 0.186 e. The average Bonchev–Trinajstić information content (AvgIpc) is 2.52. The van der Waals surface area contributed by atoms with Gasteiger partial charge in [-0.2, -0.15) is 0 Å². The van der Waals surface area contributed by atoms with E-state index in [0.717, 1.165) is 6.20 Å². The number of anilines is 2. The number of nitrogens with zero attached hydrogens (tertiary/aromatic N) is 6. The molecule has 22 heavy (non-hydrogen) atoms. The van der Waals surface area contributed by atoms with Gasteiger partial charge >= 0.3 is 0 Å². The third-order valence-corrected chi connectivity index (χ3v) is 3.64.